The number of carbonyl (C=O) groups is 2. The average molecular weight is 572 g/mol. The summed E-state index contributed by atoms with van der Waals surface area (Å²) in [5.41, 5.74) is 2.00. The average Bonchev–Trinajstić information content (AvgIpc) is 3.42. The second-order valence-electron chi connectivity index (χ2n) is 9.52. The Morgan fingerprint density at radius 1 is 0.975 bits per heavy atom. The number of amides is 2. The van der Waals surface area contributed by atoms with E-state index in [1.807, 2.05) is 65.3 Å². The Morgan fingerprint density at radius 3 is 2.38 bits per heavy atom. The maximum absolute atomic E-state index is 12.9. The first kappa shape index (κ1) is 30.9. The van der Waals surface area contributed by atoms with Crippen molar-refractivity contribution in [1.29, 1.82) is 0 Å². The number of hydrogen-bond acceptors (Lipinski definition) is 8. The molecule has 10 nitrogen and oxygen atoms in total. The quantitative estimate of drug-likeness (QED) is 0.326. The van der Waals surface area contributed by atoms with Crippen molar-refractivity contribution < 1.29 is 23.6 Å². The number of nitrogens with zero attached hydrogens (tertiary/aromatic N) is 5. The van der Waals surface area contributed by atoms with E-state index in [9.17, 15) is 9.59 Å². The minimum absolute atomic E-state index is 0. The number of piperazine rings is 1. The van der Waals surface area contributed by atoms with Crippen LogP contribution < -0.4 is 9.47 Å². The fourth-order valence-electron chi connectivity index (χ4n) is 4.64. The molecule has 11 heteroatoms. The van der Waals surface area contributed by atoms with Gasteiger partial charge in [0.25, 0.3) is 0 Å². The molecule has 0 unspecified atom stereocenters. The molecule has 1 fully saturated rings. The number of aromatic nitrogens is 2. The first-order valence-electron chi connectivity index (χ1n) is 13.3. The van der Waals surface area contributed by atoms with E-state index in [0.29, 0.717) is 75.2 Å². The van der Waals surface area contributed by atoms with Crippen LogP contribution in [0.5, 0.6) is 11.5 Å². The van der Waals surface area contributed by atoms with Gasteiger partial charge in [-0.15, -0.1) is 12.4 Å². The third-order valence-electron chi connectivity index (χ3n) is 6.91. The van der Waals surface area contributed by atoms with Gasteiger partial charge in [-0.25, -0.2) is 0 Å². The molecule has 0 bridgehead atoms. The molecule has 0 aliphatic carbocycles. The topological polar surface area (TPSA) is 101 Å². The fraction of sp³-hybridized carbons (Fsp3) is 0.448. The van der Waals surface area contributed by atoms with Gasteiger partial charge in [0.1, 0.15) is 0 Å². The van der Waals surface area contributed by atoms with Crippen LogP contribution in [0.3, 0.4) is 0 Å². The van der Waals surface area contributed by atoms with Crippen LogP contribution in [-0.2, 0) is 35.5 Å². The van der Waals surface area contributed by atoms with Gasteiger partial charge >= 0.3 is 0 Å². The third-order valence-corrected chi connectivity index (χ3v) is 6.91. The van der Waals surface area contributed by atoms with Gasteiger partial charge in [0.2, 0.25) is 17.7 Å². The Bertz CT molecular complexity index is 1230. The van der Waals surface area contributed by atoms with Crippen LogP contribution in [-0.4, -0.2) is 83.6 Å². The number of methoxy groups -OCH3 is 2. The molecule has 1 aliphatic heterocycles. The lowest BCUT2D eigenvalue weighted by atomic mass is 10.1. The molecular weight excluding hydrogens is 534 g/mol. The maximum atomic E-state index is 12.9. The van der Waals surface area contributed by atoms with Crippen LogP contribution >= 0.6 is 12.4 Å². The second-order valence-corrected chi connectivity index (χ2v) is 9.52. The zero-order valence-electron chi connectivity index (χ0n) is 23.4. The molecule has 216 valence electrons. The van der Waals surface area contributed by atoms with Gasteiger partial charge in [-0.05, 0) is 30.2 Å². The van der Waals surface area contributed by atoms with E-state index in [1.165, 1.54) is 0 Å². The number of rotatable bonds is 12. The number of hydrogen-bond donors (Lipinski definition) is 0. The Kier molecular flexibility index (Phi) is 11.8. The minimum atomic E-state index is 0. The second kappa shape index (κ2) is 15.2. The van der Waals surface area contributed by atoms with Gasteiger partial charge in [-0.3, -0.25) is 14.5 Å². The van der Waals surface area contributed by atoms with E-state index in [2.05, 4.69) is 15.0 Å². The van der Waals surface area contributed by atoms with Gasteiger partial charge in [-0.1, -0.05) is 41.6 Å². The highest BCUT2D eigenvalue weighted by molar-refractivity contribution is 5.85. The van der Waals surface area contributed by atoms with Crippen molar-refractivity contribution in [2.45, 2.75) is 39.3 Å². The Hall–Kier alpha value is -3.63. The van der Waals surface area contributed by atoms with Crippen LogP contribution in [0.4, 0.5) is 0 Å². The predicted octanol–water partition coefficient (Wildman–Crippen LogP) is 3.38. The summed E-state index contributed by atoms with van der Waals surface area (Å²) in [6.07, 6.45) is 1.05. The number of aryl methyl sites for hydroxylation is 1. The Labute approximate surface area is 241 Å². The van der Waals surface area contributed by atoms with Crippen molar-refractivity contribution in [3.8, 4) is 11.5 Å². The van der Waals surface area contributed by atoms with Crippen molar-refractivity contribution in [1.82, 2.24) is 24.8 Å². The molecule has 0 N–H and O–H groups in total. The standard InChI is InChI=1S/C29H37N5O5.ClH/c1-4-33(20-22-8-6-5-7-9-22)28(35)13-12-27-30-26(31-39-27)21-32-14-16-34(17-15-32)29(36)19-23-10-11-24(37-2)25(18-23)38-3;/h5-11,18H,4,12-17,19-21H2,1-3H3;1H. The lowest BCUT2D eigenvalue weighted by Crippen LogP contribution is -2.48. The van der Waals surface area contributed by atoms with Gasteiger partial charge in [0.15, 0.2) is 17.3 Å². The summed E-state index contributed by atoms with van der Waals surface area (Å²) >= 11 is 0. The number of benzene rings is 2. The lowest BCUT2D eigenvalue weighted by Gasteiger charge is -2.34. The number of ether oxygens (including phenoxy) is 2. The molecule has 1 saturated heterocycles. The molecule has 0 atom stereocenters. The smallest absolute Gasteiger partial charge is 0.227 e. The van der Waals surface area contributed by atoms with E-state index < -0.39 is 0 Å². The molecule has 2 aromatic carbocycles. The zero-order chi connectivity index (χ0) is 27.6. The summed E-state index contributed by atoms with van der Waals surface area (Å²) in [5, 5.41) is 4.11. The van der Waals surface area contributed by atoms with E-state index in [-0.39, 0.29) is 24.2 Å². The molecular formula is C29H38ClN5O5. The highest BCUT2D eigenvalue weighted by atomic mass is 35.5. The largest absolute Gasteiger partial charge is 0.493 e. The highest BCUT2D eigenvalue weighted by Crippen LogP contribution is 2.28. The molecule has 0 radical (unpaired) electrons. The summed E-state index contributed by atoms with van der Waals surface area (Å²) in [7, 11) is 3.18. The van der Waals surface area contributed by atoms with Gasteiger partial charge in [-0.2, -0.15) is 4.98 Å². The summed E-state index contributed by atoms with van der Waals surface area (Å²) in [4.78, 5) is 36.0. The van der Waals surface area contributed by atoms with Crippen LogP contribution in [0, 0.1) is 0 Å². The normalized spacial score (nSPS) is 13.4. The molecule has 2 amide bonds. The predicted molar refractivity (Wildman–Crippen MR) is 153 cm³/mol. The monoisotopic (exact) mass is 571 g/mol. The first-order chi connectivity index (χ1) is 19.0. The van der Waals surface area contributed by atoms with Gasteiger partial charge in [0, 0.05) is 52.1 Å². The molecule has 0 spiro atoms. The van der Waals surface area contributed by atoms with Gasteiger partial charge in [0.05, 0.1) is 27.2 Å². The van der Waals surface area contributed by atoms with Crippen molar-refractivity contribution in [3.63, 3.8) is 0 Å². The molecule has 1 aliphatic rings. The highest BCUT2D eigenvalue weighted by Gasteiger charge is 2.23. The zero-order valence-corrected chi connectivity index (χ0v) is 24.2. The van der Waals surface area contributed by atoms with E-state index in [0.717, 1.165) is 24.2 Å². The molecule has 4 rings (SSSR count). The molecule has 3 aromatic rings. The lowest BCUT2D eigenvalue weighted by molar-refractivity contribution is -0.132. The Morgan fingerprint density at radius 2 is 1.70 bits per heavy atom. The fourth-order valence-corrected chi connectivity index (χ4v) is 4.64. The number of halogens is 1. The van der Waals surface area contributed by atoms with Crippen molar-refractivity contribution in [2.75, 3.05) is 46.9 Å². The molecule has 2 heterocycles. The summed E-state index contributed by atoms with van der Waals surface area (Å²) < 4.78 is 16.0. The van der Waals surface area contributed by atoms with Crippen LogP contribution in [0.2, 0.25) is 0 Å². The Balaban J connectivity index is 0.00000441. The van der Waals surface area contributed by atoms with Crippen molar-refractivity contribution in [3.05, 3.63) is 71.4 Å². The van der Waals surface area contributed by atoms with Crippen LogP contribution in [0.25, 0.3) is 0 Å². The maximum Gasteiger partial charge on any atom is 0.227 e. The summed E-state index contributed by atoms with van der Waals surface area (Å²) in [6.45, 7) is 6.49. The summed E-state index contributed by atoms with van der Waals surface area (Å²) in [6, 6.07) is 15.5. The van der Waals surface area contributed by atoms with E-state index >= 15 is 0 Å². The SMILES string of the molecule is CCN(Cc1ccccc1)C(=O)CCc1nc(CN2CCN(C(=O)Cc3ccc(OC)c(OC)c3)CC2)no1.Cl. The minimum Gasteiger partial charge on any atom is -0.493 e. The van der Waals surface area contributed by atoms with Crippen molar-refractivity contribution >= 4 is 24.2 Å². The third kappa shape index (κ3) is 8.43. The molecule has 1 aromatic heterocycles. The molecule has 40 heavy (non-hydrogen) atoms. The van der Waals surface area contributed by atoms with Crippen LogP contribution in [0.15, 0.2) is 53.1 Å². The van der Waals surface area contributed by atoms with E-state index in [4.69, 9.17) is 14.0 Å². The number of carbonyl (C=O) groups excluding carboxylic acids is 2. The first-order valence-corrected chi connectivity index (χ1v) is 13.3. The van der Waals surface area contributed by atoms with E-state index in [1.54, 1.807) is 14.2 Å². The van der Waals surface area contributed by atoms with Gasteiger partial charge < -0.3 is 23.8 Å². The summed E-state index contributed by atoms with van der Waals surface area (Å²) in [5.74, 6) is 2.48. The van der Waals surface area contributed by atoms with Crippen LogP contribution in [0.1, 0.15) is 36.2 Å². The van der Waals surface area contributed by atoms with Crippen molar-refractivity contribution in [2.24, 2.45) is 0 Å². The molecule has 0 saturated carbocycles.